The number of likely N-dealkylation sites (tertiary alicyclic amines) is 1. The van der Waals surface area contributed by atoms with Crippen LogP contribution in [0.1, 0.15) is 45.6 Å². The highest BCUT2D eigenvalue weighted by Crippen LogP contribution is 2.64. The number of carboxylic acid groups (broad SMARTS) is 1. The maximum Gasteiger partial charge on any atom is 0.310 e. The van der Waals surface area contributed by atoms with E-state index in [-0.39, 0.29) is 18.6 Å². The summed E-state index contributed by atoms with van der Waals surface area (Å²) >= 11 is 0. The number of hydrogen-bond acceptors (Lipinski definition) is 5. The molecule has 0 radical (unpaired) electrons. The van der Waals surface area contributed by atoms with Gasteiger partial charge in [0.2, 0.25) is 11.8 Å². The highest BCUT2D eigenvalue weighted by molar-refractivity contribution is 5.98. The van der Waals surface area contributed by atoms with Crippen LogP contribution in [0.3, 0.4) is 0 Å². The Bertz CT molecular complexity index is 997. The van der Waals surface area contributed by atoms with E-state index in [2.05, 4.69) is 6.58 Å². The van der Waals surface area contributed by atoms with Crippen molar-refractivity contribution in [1.29, 1.82) is 0 Å². The van der Waals surface area contributed by atoms with Crippen molar-refractivity contribution in [2.24, 2.45) is 11.8 Å². The molecule has 3 heterocycles. The fraction of sp³-hybridized carbons (Fsp3) is 0.593. The summed E-state index contributed by atoms with van der Waals surface area (Å²) in [6, 6.07) is 7.60. The van der Waals surface area contributed by atoms with Gasteiger partial charge in [0.05, 0.1) is 24.2 Å². The van der Waals surface area contributed by atoms with Crippen LogP contribution in [-0.2, 0) is 25.5 Å². The molecule has 2 unspecified atom stereocenters. The van der Waals surface area contributed by atoms with E-state index in [1.807, 2.05) is 51.1 Å². The Hall–Kier alpha value is -2.71. The first-order valence-electron chi connectivity index (χ1n) is 12.5. The molecule has 2 amide bonds. The van der Waals surface area contributed by atoms with E-state index in [4.69, 9.17) is 4.74 Å². The van der Waals surface area contributed by atoms with E-state index in [0.29, 0.717) is 32.2 Å². The standard InChI is InChI=1S/C27H36N2O6/c1-5-14-28(17(3)4)24(32)22-27-13-12-26(6-2,35-27)21(25(33)34)20(27)23(31)29(22)19(16-30)15-18-10-8-7-9-11-18/h5,7-11,17,19-22,30H,1,6,12-16H2,2-4H3,(H,33,34)/t19-,20+,21+,22?,26-,27?/m1/s1. The zero-order valence-electron chi connectivity index (χ0n) is 20.7. The van der Waals surface area contributed by atoms with Gasteiger partial charge in [0, 0.05) is 12.6 Å². The molecule has 1 aromatic rings. The Balaban J connectivity index is 1.84. The van der Waals surface area contributed by atoms with Crippen LogP contribution in [-0.4, -0.2) is 80.3 Å². The Kier molecular flexibility index (Phi) is 6.81. The molecule has 2 bridgehead atoms. The van der Waals surface area contributed by atoms with E-state index in [1.165, 1.54) is 4.90 Å². The molecule has 8 nitrogen and oxygen atoms in total. The first-order valence-corrected chi connectivity index (χ1v) is 12.5. The number of nitrogens with zero attached hydrogens (tertiary/aromatic N) is 2. The first kappa shape index (κ1) is 25.4. The number of aliphatic hydroxyl groups is 1. The van der Waals surface area contributed by atoms with Gasteiger partial charge in [0.15, 0.2) is 0 Å². The number of fused-ring (bicyclic) bond motifs is 1. The van der Waals surface area contributed by atoms with Crippen molar-refractivity contribution in [3.8, 4) is 0 Å². The average molecular weight is 485 g/mol. The molecule has 2 N–H and O–H groups in total. The van der Waals surface area contributed by atoms with Gasteiger partial charge in [0.25, 0.3) is 0 Å². The average Bonchev–Trinajstić information content (AvgIpc) is 3.44. The highest BCUT2D eigenvalue weighted by Gasteiger charge is 2.79. The maximum absolute atomic E-state index is 14.2. The third-order valence-electron chi connectivity index (χ3n) is 8.27. The summed E-state index contributed by atoms with van der Waals surface area (Å²) in [6.07, 6.45) is 3.34. The van der Waals surface area contributed by atoms with Crippen molar-refractivity contribution >= 4 is 17.8 Å². The minimum atomic E-state index is -1.23. The Morgan fingerprint density at radius 2 is 1.97 bits per heavy atom. The zero-order valence-corrected chi connectivity index (χ0v) is 20.7. The Labute approximate surface area is 206 Å². The van der Waals surface area contributed by atoms with Crippen LogP contribution in [0.25, 0.3) is 0 Å². The van der Waals surface area contributed by atoms with Gasteiger partial charge in [-0.25, -0.2) is 0 Å². The molecule has 0 aromatic heterocycles. The lowest BCUT2D eigenvalue weighted by Gasteiger charge is -2.40. The number of amides is 2. The predicted octanol–water partition coefficient (Wildman–Crippen LogP) is 2.25. The molecule has 0 aliphatic carbocycles. The van der Waals surface area contributed by atoms with Crippen molar-refractivity contribution < 1.29 is 29.3 Å². The van der Waals surface area contributed by atoms with Crippen LogP contribution in [0.2, 0.25) is 0 Å². The van der Waals surface area contributed by atoms with E-state index in [9.17, 15) is 24.6 Å². The fourth-order valence-corrected chi connectivity index (χ4v) is 6.69. The second kappa shape index (κ2) is 9.39. The van der Waals surface area contributed by atoms with Gasteiger partial charge in [-0.3, -0.25) is 14.4 Å². The summed E-state index contributed by atoms with van der Waals surface area (Å²) in [4.78, 5) is 43.9. The maximum atomic E-state index is 14.2. The second-order valence-corrected chi connectivity index (χ2v) is 10.3. The van der Waals surface area contributed by atoms with Crippen LogP contribution >= 0.6 is 0 Å². The molecule has 4 rings (SSSR count). The van der Waals surface area contributed by atoms with E-state index in [0.717, 1.165) is 5.56 Å². The van der Waals surface area contributed by atoms with E-state index >= 15 is 0 Å². The third kappa shape index (κ3) is 3.78. The molecule has 35 heavy (non-hydrogen) atoms. The number of ether oxygens (including phenoxy) is 1. The lowest BCUT2D eigenvalue weighted by Crippen LogP contribution is -2.60. The molecule has 190 valence electrons. The molecule has 8 heteroatoms. The predicted molar refractivity (Wildman–Crippen MR) is 129 cm³/mol. The van der Waals surface area contributed by atoms with Crippen molar-refractivity contribution in [3.63, 3.8) is 0 Å². The summed E-state index contributed by atoms with van der Waals surface area (Å²) in [5.41, 5.74) is -1.28. The number of carbonyl (C=O) groups is 3. The second-order valence-electron chi connectivity index (χ2n) is 10.3. The number of aliphatic hydroxyl groups excluding tert-OH is 1. The minimum Gasteiger partial charge on any atom is -0.481 e. The minimum absolute atomic E-state index is 0.163. The quantitative estimate of drug-likeness (QED) is 0.494. The molecule has 0 saturated carbocycles. The molecular formula is C27H36N2O6. The van der Waals surface area contributed by atoms with Gasteiger partial charge in [-0.15, -0.1) is 6.58 Å². The number of rotatable bonds is 10. The molecular weight excluding hydrogens is 448 g/mol. The summed E-state index contributed by atoms with van der Waals surface area (Å²) < 4.78 is 6.58. The van der Waals surface area contributed by atoms with Gasteiger partial charge in [-0.2, -0.15) is 0 Å². The van der Waals surface area contributed by atoms with E-state index in [1.54, 1.807) is 11.0 Å². The Morgan fingerprint density at radius 1 is 1.29 bits per heavy atom. The van der Waals surface area contributed by atoms with Crippen molar-refractivity contribution in [3.05, 3.63) is 48.6 Å². The lowest BCUT2D eigenvalue weighted by molar-refractivity contribution is -0.160. The van der Waals surface area contributed by atoms with Gasteiger partial charge >= 0.3 is 5.97 Å². The topological polar surface area (TPSA) is 107 Å². The number of aliphatic carboxylic acids is 1. The van der Waals surface area contributed by atoms with Crippen LogP contribution in [0.4, 0.5) is 0 Å². The number of carbonyl (C=O) groups excluding carboxylic acids is 2. The molecule has 3 fully saturated rings. The van der Waals surface area contributed by atoms with Crippen LogP contribution in [0.5, 0.6) is 0 Å². The van der Waals surface area contributed by atoms with Gasteiger partial charge in [-0.1, -0.05) is 43.3 Å². The number of benzene rings is 1. The molecule has 3 saturated heterocycles. The fourth-order valence-electron chi connectivity index (χ4n) is 6.69. The summed E-state index contributed by atoms with van der Waals surface area (Å²) in [5, 5.41) is 20.6. The number of hydrogen-bond donors (Lipinski definition) is 2. The first-order chi connectivity index (χ1) is 16.7. The molecule has 3 aliphatic rings. The van der Waals surface area contributed by atoms with Gasteiger partial charge in [0.1, 0.15) is 17.6 Å². The summed E-state index contributed by atoms with van der Waals surface area (Å²) in [6.45, 7) is 9.38. The van der Waals surface area contributed by atoms with Crippen LogP contribution in [0, 0.1) is 11.8 Å². The third-order valence-corrected chi connectivity index (χ3v) is 8.27. The smallest absolute Gasteiger partial charge is 0.310 e. The SMILES string of the molecule is C=CCN(C(=O)C1N([C@@H](CO)Cc2ccccc2)C(=O)[C@@H]2[C@@H](C(=O)O)[C@@]3(CC)CCC12O3)C(C)C. The lowest BCUT2D eigenvalue weighted by atomic mass is 9.65. The molecule has 6 atom stereocenters. The summed E-state index contributed by atoms with van der Waals surface area (Å²) in [7, 11) is 0. The summed E-state index contributed by atoms with van der Waals surface area (Å²) in [5.74, 6) is -3.78. The van der Waals surface area contributed by atoms with Gasteiger partial charge in [-0.05, 0) is 45.1 Å². The Morgan fingerprint density at radius 3 is 2.51 bits per heavy atom. The highest BCUT2D eigenvalue weighted by atomic mass is 16.5. The van der Waals surface area contributed by atoms with Crippen LogP contribution < -0.4 is 0 Å². The van der Waals surface area contributed by atoms with Crippen molar-refractivity contribution in [1.82, 2.24) is 9.80 Å². The number of carboxylic acids is 1. The largest absolute Gasteiger partial charge is 0.481 e. The van der Waals surface area contributed by atoms with Crippen molar-refractivity contribution in [2.45, 2.75) is 75.8 Å². The normalized spacial score (nSPS) is 32.1. The molecule has 1 spiro atoms. The zero-order chi connectivity index (χ0) is 25.5. The van der Waals surface area contributed by atoms with E-state index < -0.39 is 47.0 Å². The monoisotopic (exact) mass is 484 g/mol. The molecule has 1 aromatic carbocycles. The van der Waals surface area contributed by atoms with Gasteiger partial charge < -0.3 is 24.7 Å². The van der Waals surface area contributed by atoms with Crippen molar-refractivity contribution in [2.75, 3.05) is 13.2 Å². The van der Waals surface area contributed by atoms with Crippen LogP contribution in [0.15, 0.2) is 43.0 Å². The molecule has 3 aliphatic heterocycles.